The number of anilines is 1. The van der Waals surface area contributed by atoms with Crippen molar-refractivity contribution in [3.05, 3.63) is 81.8 Å². The summed E-state index contributed by atoms with van der Waals surface area (Å²) in [5.74, 6) is -1.29. The summed E-state index contributed by atoms with van der Waals surface area (Å²) in [6, 6.07) is 7.52. The van der Waals surface area contributed by atoms with Gasteiger partial charge in [-0.05, 0) is 47.5 Å². The van der Waals surface area contributed by atoms with Crippen LogP contribution in [-0.4, -0.2) is 54.7 Å². The topological polar surface area (TPSA) is 135 Å². The third-order valence-electron chi connectivity index (χ3n) is 7.10. The Morgan fingerprint density at radius 2 is 1.89 bits per heavy atom. The van der Waals surface area contributed by atoms with Gasteiger partial charge in [0, 0.05) is 23.1 Å². The monoisotopic (exact) mass is 643 g/mol. The van der Waals surface area contributed by atoms with E-state index in [1.165, 1.54) is 35.3 Å². The fourth-order valence-corrected chi connectivity index (χ4v) is 7.23. The molecule has 1 amide bonds. The number of aromatic nitrogens is 5. The Bertz CT molecular complexity index is 1760. The van der Waals surface area contributed by atoms with E-state index < -0.39 is 40.7 Å². The second kappa shape index (κ2) is 12.6. The number of benzene rings is 2. The van der Waals surface area contributed by atoms with Gasteiger partial charge in [0.15, 0.2) is 0 Å². The van der Waals surface area contributed by atoms with Crippen molar-refractivity contribution in [1.82, 2.24) is 30.3 Å². The average molecular weight is 644 g/mol. The molecule has 0 unspecified atom stereocenters. The Labute approximate surface area is 259 Å². The molecule has 3 atom stereocenters. The Morgan fingerprint density at radius 1 is 1.16 bits per heavy atom. The van der Waals surface area contributed by atoms with E-state index in [1.807, 2.05) is 27.7 Å². The number of hydrogen-bond donors (Lipinski definition) is 2. The molecule has 0 saturated heterocycles. The minimum atomic E-state index is -0.736. The maximum atomic E-state index is 15.0. The van der Waals surface area contributed by atoms with Crippen molar-refractivity contribution < 1.29 is 23.1 Å². The number of aromatic amines is 1. The number of aryl methyl sites for hydroxylation is 1. The van der Waals surface area contributed by atoms with Gasteiger partial charge in [-0.2, -0.15) is 10.2 Å². The first-order chi connectivity index (χ1) is 20.8. The number of nitrogens with zero attached hydrogens (tertiary/aromatic N) is 5. The van der Waals surface area contributed by atoms with Crippen LogP contribution in [0, 0.1) is 17.0 Å². The normalized spacial score (nSPS) is 17.0. The highest BCUT2D eigenvalue weighted by molar-refractivity contribution is 8.82. The number of carbonyl (C=O) groups is 2. The molecule has 4 aromatic rings. The first kappa shape index (κ1) is 31.4. The van der Waals surface area contributed by atoms with E-state index in [4.69, 9.17) is 4.74 Å². The van der Waals surface area contributed by atoms with Crippen LogP contribution in [0.25, 0.3) is 10.8 Å². The maximum absolute atomic E-state index is 15.0. The van der Waals surface area contributed by atoms with Gasteiger partial charge in [0.25, 0.3) is 5.56 Å². The number of nitrogens with one attached hydrogen (secondary N) is 2. The fraction of sp³-hybridized carbons (Fsp3) is 0.379. The zero-order chi connectivity index (χ0) is 31.8. The number of hydrogen-bond acceptors (Lipinski definition) is 10. The number of carbonyl (C=O) groups excluding carboxylic acids is 2. The zero-order valence-corrected chi connectivity index (χ0v) is 26.3. The highest BCUT2D eigenvalue weighted by atomic mass is 33.1. The van der Waals surface area contributed by atoms with Gasteiger partial charge in [-0.15, -0.1) is 0 Å². The largest absolute Gasteiger partial charge is 0.448 e. The second-order valence-electron chi connectivity index (χ2n) is 11.4. The van der Waals surface area contributed by atoms with Crippen molar-refractivity contribution in [2.45, 2.75) is 44.9 Å². The van der Waals surface area contributed by atoms with Crippen LogP contribution in [0.4, 0.5) is 19.3 Å². The highest BCUT2D eigenvalue weighted by Crippen LogP contribution is 2.49. The van der Waals surface area contributed by atoms with E-state index in [9.17, 15) is 18.8 Å². The highest BCUT2D eigenvalue weighted by Gasteiger charge is 2.42. The molecule has 1 aliphatic heterocycles. The van der Waals surface area contributed by atoms with E-state index in [2.05, 4.69) is 25.6 Å². The molecule has 0 spiro atoms. The number of alkyl carbamates (subject to hydrolysis) is 1. The molecule has 0 radical (unpaired) electrons. The Morgan fingerprint density at radius 3 is 2.55 bits per heavy atom. The summed E-state index contributed by atoms with van der Waals surface area (Å²) in [6.07, 6.45) is 0.646. The van der Waals surface area contributed by atoms with Crippen molar-refractivity contribution in [2.75, 3.05) is 18.2 Å². The molecule has 0 fully saturated rings. The molecule has 2 aromatic heterocycles. The average Bonchev–Trinajstić information content (AvgIpc) is 3.40. The number of amides is 1. The minimum absolute atomic E-state index is 0.0169. The van der Waals surface area contributed by atoms with Crippen LogP contribution in [0.3, 0.4) is 0 Å². The van der Waals surface area contributed by atoms with Gasteiger partial charge in [0.1, 0.15) is 30.4 Å². The van der Waals surface area contributed by atoms with Gasteiger partial charge in [0.2, 0.25) is 5.12 Å². The summed E-state index contributed by atoms with van der Waals surface area (Å²) in [4.78, 5) is 44.1. The minimum Gasteiger partial charge on any atom is -0.448 e. The summed E-state index contributed by atoms with van der Waals surface area (Å²) >= 11 is 0. The van der Waals surface area contributed by atoms with Crippen molar-refractivity contribution in [2.24, 2.45) is 12.5 Å². The Kier molecular flexibility index (Phi) is 8.97. The number of halogens is 2. The lowest BCUT2D eigenvalue weighted by Crippen LogP contribution is -2.45. The van der Waals surface area contributed by atoms with Crippen molar-refractivity contribution in [3.8, 4) is 0 Å². The Hall–Kier alpha value is -3.98. The molecule has 2 N–H and O–H groups in total. The third kappa shape index (κ3) is 6.43. The van der Waals surface area contributed by atoms with Crippen molar-refractivity contribution in [1.29, 1.82) is 0 Å². The van der Waals surface area contributed by atoms with Gasteiger partial charge < -0.3 is 15.0 Å². The summed E-state index contributed by atoms with van der Waals surface area (Å²) in [5, 5.41) is 14.1. The SMILES string of the molecule is C[C@H](COC(=O)NCN1c2cc(F)cc3c(=O)[nH]nc(c23)[C@H](c2ncnn2C)[C@H]1c1ccc(F)cc1)SSC(=O)C(C)(C)C. The molecule has 3 heterocycles. The van der Waals surface area contributed by atoms with Crippen LogP contribution in [0.1, 0.15) is 56.7 Å². The summed E-state index contributed by atoms with van der Waals surface area (Å²) < 4.78 is 36.0. The summed E-state index contributed by atoms with van der Waals surface area (Å²) in [6.45, 7) is 7.22. The smallest absolute Gasteiger partial charge is 0.408 e. The molecule has 11 nitrogen and oxygen atoms in total. The fourth-order valence-electron chi connectivity index (χ4n) is 4.94. The van der Waals surface area contributed by atoms with E-state index in [-0.39, 0.29) is 29.0 Å². The number of rotatable bonds is 8. The van der Waals surface area contributed by atoms with Crippen molar-refractivity contribution >= 4 is 49.3 Å². The quantitative estimate of drug-likeness (QED) is 0.251. The lowest BCUT2D eigenvalue weighted by molar-refractivity contribution is -0.117. The lowest BCUT2D eigenvalue weighted by atomic mass is 9.82. The molecule has 0 bridgehead atoms. The molecule has 232 valence electrons. The summed E-state index contributed by atoms with van der Waals surface area (Å²) in [5.41, 5.74) is 0.281. The second-order valence-corrected chi connectivity index (χ2v) is 14.0. The zero-order valence-electron chi connectivity index (χ0n) is 24.6. The molecule has 1 aliphatic rings. The molecule has 2 aromatic carbocycles. The van der Waals surface area contributed by atoms with E-state index in [1.54, 1.807) is 28.8 Å². The predicted octanol–water partition coefficient (Wildman–Crippen LogP) is 5.05. The first-order valence-electron chi connectivity index (χ1n) is 13.7. The van der Waals surface area contributed by atoms with E-state index in [0.717, 1.165) is 16.9 Å². The maximum Gasteiger partial charge on any atom is 0.408 e. The summed E-state index contributed by atoms with van der Waals surface area (Å²) in [7, 11) is 4.14. The molecule has 44 heavy (non-hydrogen) atoms. The number of ether oxygens (including phenoxy) is 1. The lowest BCUT2D eigenvalue weighted by Gasteiger charge is -2.42. The van der Waals surface area contributed by atoms with Crippen LogP contribution >= 0.6 is 21.6 Å². The van der Waals surface area contributed by atoms with Gasteiger partial charge in [-0.1, -0.05) is 43.7 Å². The molecule has 0 aliphatic carbocycles. The predicted molar refractivity (Wildman–Crippen MR) is 165 cm³/mol. The van der Waals surface area contributed by atoms with Crippen LogP contribution in [0.2, 0.25) is 0 Å². The van der Waals surface area contributed by atoms with Crippen molar-refractivity contribution in [3.63, 3.8) is 0 Å². The van der Waals surface area contributed by atoms with Gasteiger partial charge in [-0.25, -0.2) is 23.7 Å². The molecule has 15 heteroatoms. The van der Waals surface area contributed by atoms with Crippen LogP contribution in [0.15, 0.2) is 47.5 Å². The molecule has 5 rings (SSSR count). The standard InChI is InChI=1S/C29H31F2N7O4S2/c1-15(43-44-27(40)29(2,3)4)12-42-28(41)33-14-38-20-11-18(31)10-19-21(20)23(35-36-26(19)39)22(25-32-13-34-37(25)5)24(38)16-6-8-17(30)9-7-16/h6-11,13,15,22,24H,12,14H2,1-5H3,(H,33,41)(H,36,39)/t15-,22+,24-/m1/s1. The molecule has 0 saturated carbocycles. The van der Waals surface area contributed by atoms with Gasteiger partial charge in [-0.3, -0.25) is 14.3 Å². The Balaban J connectivity index is 1.48. The van der Waals surface area contributed by atoms with E-state index in [0.29, 0.717) is 28.2 Å². The number of H-pyrrole nitrogens is 1. The first-order valence-corrected chi connectivity index (χ1v) is 15.9. The van der Waals surface area contributed by atoms with Crippen LogP contribution < -0.4 is 15.8 Å². The van der Waals surface area contributed by atoms with Gasteiger partial charge >= 0.3 is 6.09 Å². The third-order valence-corrected chi connectivity index (χ3v) is 10.1. The van der Waals surface area contributed by atoms with Crippen LogP contribution in [0.5, 0.6) is 0 Å². The van der Waals surface area contributed by atoms with Gasteiger partial charge in [0.05, 0.1) is 35.4 Å². The molecular weight excluding hydrogens is 612 g/mol. The van der Waals surface area contributed by atoms with E-state index >= 15 is 4.39 Å². The van der Waals surface area contributed by atoms with Crippen LogP contribution in [-0.2, 0) is 16.6 Å². The molecular formula is C29H31F2N7O4S2.